The van der Waals surface area contributed by atoms with E-state index in [2.05, 4.69) is 57.9 Å². The largest absolute Gasteiger partial charge is 0.364 e. The molecule has 0 aromatic heterocycles. The molecule has 104 valence electrons. The van der Waals surface area contributed by atoms with Gasteiger partial charge in [-0.3, -0.25) is 0 Å². The fraction of sp³-hybridized carbons (Fsp3) is 0.600. The molecule has 0 amide bonds. The summed E-state index contributed by atoms with van der Waals surface area (Å²) in [6.45, 7) is 3.28. The first-order valence-corrected chi connectivity index (χ1v) is 8.61. The van der Waals surface area contributed by atoms with Crippen molar-refractivity contribution in [3.8, 4) is 0 Å². The normalized spacial score (nSPS) is 29.8. The van der Waals surface area contributed by atoms with Crippen LogP contribution in [0.1, 0.15) is 32.6 Å². The van der Waals surface area contributed by atoms with E-state index in [1.165, 1.54) is 34.9 Å². The topological polar surface area (TPSA) is 15.3 Å². The third-order valence-electron chi connectivity index (χ3n) is 4.41. The summed E-state index contributed by atoms with van der Waals surface area (Å²) >= 11 is 8.78. The molecule has 0 spiro atoms. The van der Waals surface area contributed by atoms with E-state index < -0.39 is 0 Å². The molecule has 2 saturated heterocycles. The van der Waals surface area contributed by atoms with Crippen LogP contribution in [0.4, 0.5) is 5.69 Å². The SMILES string of the molecule is CCNC1CC2CCC(C1)N2c1ccc(I)cc1Cl. The molecule has 2 aliphatic rings. The third kappa shape index (κ3) is 2.74. The van der Waals surface area contributed by atoms with Gasteiger partial charge in [-0.2, -0.15) is 0 Å². The Morgan fingerprint density at radius 3 is 2.58 bits per heavy atom. The molecule has 2 atom stereocenters. The monoisotopic (exact) mass is 390 g/mol. The number of fused-ring (bicyclic) bond motifs is 2. The molecule has 4 heteroatoms. The highest BCUT2D eigenvalue weighted by molar-refractivity contribution is 14.1. The highest BCUT2D eigenvalue weighted by atomic mass is 127. The van der Waals surface area contributed by atoms with Gasteiger partial charge in [0.25, 0.3) is 0 Å². The van der Waals surface area contributed by atoms with Crippen LogP contribution in [0.5, 0.6) is 0 Å². The molecule has 1 N–H and O–H groups in total. The van der Waals surface area contributed by atoms with Crippen molar-refractivity contribution in [1.29, 1.82) is 0 Å². The Morgan fingerprint density at radius 1 is 1.32 bits per heavy atom. The number of hydrogen-bond donors (Lipinski definition) is 1. The van der Waals surface area contributed by atoms with Crippen LogP contribution < -0.4 is 10.2 Å². The molecule has 2 aliphatic heterocycles. The van der Waals surface area contributed by atoms with Crippen LogP contribution in [0.3, 0.4) is 0 Å². The van der Waals surface area contributed by atoms with E-state index in [0.717, 1.165) is 11.6 Å². The quantitative estimate of drug-likeness (QED) is 0.783. The molecule has 1 aromatic carbocycles. The van der Waals surface area contributed by atoms with Gasteiger partial charge in [-0.05, 0) is 73.0 Å². The van der Waals surface area contributed by atoms with Crippen LogP contribution in [-0.4, -0.2) is 24.7 Å². The number of rotatable bonds is 3. The van der Waals surface area contributed by atoms with Crippen molar-refractivity contribution in [3.63, 3.8) is 0 Å². The number of nitrogens with zero attached hydrogens (tertiary/aromatic N) is 1. The van der Waals surface area contributed by atoms with E-state index in [1.807, 2.05) is 0 Å². The molecule has 2 heterocycles. The number of nitrogens with one attached hydrogen (secondary N) is 1. The molecule has 2 nitrogen and oxygen atoms in total. The molecule has 0 saturated carbocycles. The van der Waals surface area contributed by atoms with Gasteiger partial charge in [0.15, 0.2) is 0 Å². The van der Waals surface area contributed by atoms with E-state index in [-0.39, 0.29) is 0 Å². The van der Waals surface area contributed by atoms with Crippen molar-refractivity contribution in [2.24, 2.45) is 0 Å². The molecule has 2 bridgehead atoms. The average Bonchev–Trinajstić information content (AvgIpc) is 2.63. The van der Waals surface area contributed by atoms with Gasteiger partial charge in [0.05, 0.1) is 10.7 Å². The summed E-state index contributed by atoms with van der Waals surface area (Å²) in [7, 11) is 0. The maximum atomic E-state index is 6.46. The second-order valence-corrected chi connectivity index (χ2v) is 7.27. The van der Waals surface area contributed by atoms with E-state index in [1.54, 1.807) is 0 Å². The Labute approximate surface area is 134 Å². The predicted molar refractivity (Wildman–Crippen MR) is 90.2 cm³/mol. The van der Waals surface area contributed by atoms with Crippen molar-refractivity contribution < 1.29 is 0 Å². The van der Waals surface area contributed by atoms with E-state index in [9.17, 15) is 0 Å². The van der Waals surface area contributed by atoms with Gasteiger partial charge in [0.1, 0.15) is 0 Å². The lowest BCUT2D eigenvalue weighted by Gasteiger charge is -2.41. The van der Waals surface area contributed by atoms with Gasteiger partial charge in [-0.1, -0.05) is 18.5 Å². The van der Waals surface area contributed by atoms with Gasteiger partial charge >= 0.3 is 0 Å². The summed E-state index contributed by atoms with van der Waals surface area (Å²) < 4.78 is 1.21. The van der Waals surface area contributed by atoms with Crippen molar-refractivity contribution >= 4 is 39.9 Å². The summed E-state index contributed by atoms with van der Waals surface area (Å²) in [6.07, 6.45) is 5.14. The van der Waals surface area contributed by atoms with Crippen molar-refractivity contribution in [2.45, 2.75) is 50.7 Å². The number of benzene rings is 1. The third-order valence-corrected chi connectivity index (χ3v) is 5.39. The minimum Gasteiger partial charge on any atom is -0.364 e. The van der Waals surface area contributed by atoms with Crippen molar-refractivity contribution in [3.05, 3.63) is 26.8 Å². The number of hydrogen-bond acceptors (Lipinski definition) is 2. The maximum absolute atomic E-state index is 6.46. The molecule has 0 radical (unpaired) electrons. The summed E-state index contributed by atoms with van der Waals surface area (Å²) in [4.78, 5) is 2.59. The summed E-state index contributed by atoms with van der Waals surface area (Å²) in [5.74, 6) is 0. The molecular weight excluding hydrogens is 371 g/mol. The minimum atomic E-state index is 0.667. The fourth-order valence-electron chi connectivity index (χ4n) is 3.72. The summed E-state index contributed by atoms with van der Waals surface area (Å²) in [6, 6.07) is 8.47. The lowest BCUT2D eigenvalue weighted by Crippen LogP contribution is -2.49. The smallest absolute Gasteiger partial charge is 0.0650 e. The first-order chi connectivity index (χ1) is 9.19. The Morgan fingerprint density at radius 2 is 2.00 bits per heavy atom. The van der Waals surface area contributed by atoms with E-state index in [4.69, 9.17) is 11.6 Å². The van der Waals surface area contributed by atoms with Crippen LogP contribution in [0.15, 0.2) is 18.2 Å². The Balaban J connectivity index is 1.83. The maximum Gasteiger partial charge on any atom is 0.0650 e. The molecule has 0 aliphatic carbocycles. The lowest BCUT2D eigenvalue weighted by molar-refractivity contribution is 0.361. The number of anilines is 1. The van der Waals surface area contributed by atoms with Crippen LogP contribution in [0, 0.1) is 3.57 Å². The number of halogens is 2. The van der Waals surface area contributed by atoms with Crippen LogP contribution in [-0.2, 0) is 0 Å². The molecular formula is C15H20ClIN2. The minimum absolute atomic E-state index is 0.667. The first kappa shape index (κ1) is 14.0. The van der Waals surface area contributed by atoms with Gasteiger partial charge in [0.2, 0.25) is 0 Å². The highest BCUT2D eigenvalue weighted by Crippen LogP contribution is 2.42. The highest BCUT2D eigenvalue weighted by Gasteiger charge is 2.41. The molecule has 2 unspecified atom stereocenters. The Kier molecular flexibility index (Phi) is 4.25. The van der Waals surface area contributed by atoms with E-state index >= 15 is 0 Å². The van der Waals surface area contributed by atoms with Crippen molar-refractivity contribution in [2.75, 3.05) is 11.4 Å². The Hall–Kier alpha value is -0.0000000000000000555. The van der Waals surface area contributed by atoms with E-state index in [0.29, 0.717) is 18.1 Å². The van der Waals surface area contributed by atoms with Gasteiger partial charge < -0.3 is 10.2 Å². The second-order valence-electron chi connectivity index (χ2n) is 5.61. The molecule has 2 fully saturated rings. The predicted octanol–water partition coefficient (Wildman–Crippen LogP) is 4.05. The summed E-state index contributed by atoms with van der Waals surface area (Å²) in [5.41, 5.74) is 1.24. The average molecular weight is 391 g/mol. The lowest BCUT2D eigenvalue weighted by atomic mass is 9.96. The number of piperidine rings is 1. The van der Waals surface area contributed by atoms with Gasteiger partial charge in [0, 0.05) is 21.7 Å². The molecule has 1 aromatic rings. The van der Waals surface area contributed by atoms with Crippen LogP contribution in [0.2, 0.25) is 5.02 Å². The first-order valence-electron chi connectivity index (χ1n) is 7.15. The zero-order valence-electron chi connectivity index (χ0n) is 11.2. The van der Waals surface area contributed by atoms with Crippen LogP contribution >= 0.6 is 34.2 Å². The fourth-order valence-corrected chi connectivity index (χ4v) is 4.67. The standard InChI is InChI=1S/C15H20ClIN2/c1-2-18-11-8-12-4-5-13(9-11)19(12)15-6-3-10(17)7-14(15)16/h3,6-7,11-13,18H,2,4-5,8-9H2,1H3. The zero-order chi connectivity index (χ0) is 13.4. The molecule has 19 heavy (non-hydrogen) atoms. The van der Waals surface area contributed by atoms with Crippen LogP contribution in [0.25, 0.3) is 0 Å². The van der Waals surface area contributed by atoms with Gasteiger partial charge in [-0.15, -0.1) is 0 Å². The van der Waals surface area contributed by atoms with Crippen molar-refractivity contribution in [1.82, 2.24) is 5.32 Å². The summed E-state index contributed by atoms with van der Waals surface area (Å²) in [5, 5.41) is 4.53. The molecule has 3 rings (SSSR count). The van der Waals surface area contributed by atoms with Gasteiger partial charge in [-0.25, -0.2) is 0 Å². The zero-order valence-corrected chi connectivity index (χ0v) is 14.1. The Bertz CT molecular complexity index is 451. The second kappa shape index (κ2) is 5.78.